The minimum atomic E-state index is -0.740. The lowest BCUT2D eigenvalue weighted by atomic mass is 10.2. The number of nitrogens with one attached hydrogen (secondary N) is 1. The summed E-state index contributed by atoms with van der Waals surface area (Å²) in [4.78, 5) is 14.3. The summed E-state index contributed by atoms with van der Waals surface area (Å²) in [5.41, 5.74) is 4.72. The second-order valence-electron chi connectivity index (χ2n) is 6.32. The Morgan fingerprint density at radius 1 is 1.29 bits per heavy atom. The van der Waals surface area contributed by atoms with Gasteiger partial charge in [0.05, 0.1) is 6.21 Å². The highest BCUT2D eigenvalue weighted by atomic mass is 35.5. The zero-order chi connectivity index (χ0) is 20.7. The standard InChI is InChI=1S/C21H26ClN3O3/c1-5-25(6-2)18-9-7-16(19(26)12-18)13-23-24-21(27)15(4)28-20-10-8-17(22)11-14(20)3/h7-13,15,26H,5-6H2,1-4H3,(H,24,27)/b23-13+. The van der Waals surface area contributed by atoms with Crippen LogP contribution in [0.4, 0.5) is 5.69 Å². The Bertz CT molecular complexity index is 851. The Morgan fingerprint density at radius 2 is 2.00 bits per heavy atom. The van der Waals surface area contributed by atoms with Gasteiger partial charge in [-0.2, -0.15) is 5.10 Å². The Kier molecular flexibility index (Phi) is 7.70. The number of carbonyl (C=O) groups excluding carboxylic acids is 1. The first-order chi connectivity index (χ1) is 13.3. The third-order valence-electron chi connectivity index (χ3n) is 4.33. The van der Waals surface area contributed by atoms with E-state index in [0.29, 0.717) is 16.3 Å². The summed E-state index contributed by atoms with van der Waals surface area (Å²) in [5, 5.41) is 14.7. The average molecular weight is 404 g/mol. The van der Waals surface area contributed by atoms with Crippen LogP contribution >= 0.6 is 11.6 Å². The van der Waals surface area contributed by atoms with Crippen molar-refractivity contribution in [1.29, 1.82) is 0 Å². The maximum Gasteiger partial charge on any atom is 0.280 e. The average Bonchev–Trinajstić information content (AvgIpc) is 2.66. The molecule has 1 amide bonds. The molecule has 0 radical (unpaired) electrons. The van der Waals surface area contributed by atoms with Crippen molar-refractivity contribution in [3.8, 4) is 11.5 Å². The summed E-state index contributed by atoms with van der Waals surface area (Å²) in [7, 11) is 0. The number of rotatable bonds is 8. The lowest BCUT2D eigenvalue weighted by molar-refractivity contribution is -0.127. The molecule has 0 fully saturated rings. The summed E-state index contributed by atoms with van der Waals surface area (Å²) < 4.78 is 5.66. The molecule has 28 heavy (non-hydrogen) atoms. The number of ether oxygens (including phenoxy) is 1. The fourth-order valence-electron chi connectivity index (χ4n) is 2.67. The van der Waals surface area contributed by atoms with Crippen molar-refractivity contribution < 1.29 is 14.6 Å². The van der Waals surface area contributed by atoms with Crippen LogP contribution in [0, 0.1) is 6.92 Å². The van der Waals surface area contributed by atoms with Crippen molar-refractivity contribution in [3.63, 3.8) is 0 Å². The third kappa shape index (κ3) is 5.63. The summed E-state index contributed by atoms with van der Waals surface area (Å²) >= 11 is 5.92. The number of phenols is 1. The third-order valence-corrected chi connectivity index (χ3v) is 4.57. The fourth-order valence-corrected chi connectivity index (χ4v) is 2.90. The first kappa shape index (κ1) is 21.6. The number of carbonyl (C=O) groups is 1. The predicted octanol–water partition coefficient (Wildman–Crippen LogP) is 4.12. The first-order valence-electron chi connectivity index (χ1n) is 9.19. The second-order valence-corrected chi connectivity index (χ2v) is 6.76. The van der Waals surface area contributed by atoms with Crippen molar-refractivity contribution in [2.75, 3.05) is 18.0 Å². The highest BCUT2D eigenvalue weighted by Crippen LogP contribution is 2.24. The summed E-state index contributed by atoms with van der Waals surface area (Å²) in [6, 6.07) is 10.5. The summed E-state index contributed by atoms with van der Waals surface area (Å²) in [5.74, 6) is 0.286. The molecule has 0 bridgehead atoms. The van der Waals surface area contributed by atoms with E-state index >= 15 is 0 Å². The molecule has 6 nitrogen and oxygen atoms in total. The first-order valence-corrected chi connectivity index (χ1v) is 9.57. The molecule has 0 spiro atoms. The van der Waals surface area contributed by atoms with Crippen LogP contribution in [-0.2, 0) is 4.79 Å². The van der Waals surface area contributed by atoms with E-state index in [-0.39, 0.29) is 5.75 Å². The molecule has 0 saturated carbocycles. The monoisotopic (exact) mass is 403 g/mol. The van der Waals surface area contributed by atoms with Crippen molar-refractivity contribution in [2.24, 2.45) is 5.10 Å². The van der Waals surface area contributed by atoms with Gasteiger partial charge in [-0.25, -0.2) is 5.43 Å². The zero-order valence-corrected chi connectivity index (χ0v) is 17.3. The molecular formula is C21H26ClN3O3. The Morgan fingerprint density at radius 3 is 2.61 bits per heavy atom. The van der Waals surface area contributed by atoms with Gasteiger partial charge in [0.15, 0.2) is 6.10 Å². The molecule has 7 heteroatoms. The van der Waals surface area contributed by atoms with E-state index in [2.05, 4.69) is 29.3 Å². The van der Waals surface area contributed by atoms with Crippen molar-refractivity contribution in [3.05, 3.63) is 52.5 Å². The lowest BCUT2D eigenvalue weighted by Crippen LogP contribution is -2.33. The molecule has 2 aromatic rings. The van der Waals surface area contributed by atoms with E-state index in [1.54, 1.807) is 37.3 Å². The van der Waals surface area contributed by atoms with Crippen LogP contribution in [0.3, 0.4) is 0 Å². The molecule has 0 aromatic heterocycles. The van der Waals surface area contributed by atoms with Gasteiger partial charge in [-0.3, -0.25) is 4.79 Å². The molecule has 0 heterocycles. The maximum absolute atomic E-state index is 12.2. The molecule has 0 aliphatic carbocycles. The fraction of sp³-hybridized carbons (Fsp3) is 0.333. The Balaban J connectivity index is 1.97. The van der Waals surface area contributed by atoms with Gasteiger partial charge in [0.1, 0.15) is 11.5 Å². The zero-order valence-electron chi connectivity index (χ0n) is 16.6. The van der Waals surface area contributed by atoms with Crippen molar-refractivity contribution in [2.45, 2.75) is 33.8 Å². The number of anilines is 1. The second kappa shape index (κ2) is 9.99. The number of aromatic hydroxyl groups is 1. The molecule has 1 atom stereocenters. The highest BCUT2D eigenvalue weighted by molar-refractivity contribution is 6.30. The largest absolute Gasteiger partial charge is 0.507 e. The minimum absolute atomic E-state index is 0.100. The smallest absolute Gasteiger partial charge is 0.280 e. The van der Waals surface area contributed by atoms with Crippen LogP contribution in [0.2, 0.25) is 5.02 Å². The molecule has 0 saturated heterocycles. The topological polar surface area (TPSA) is 74.2 Å². The summed E-state index contributed by atoms with van der Waals surface area (Å²) in [6.45, 7) is 9.30. The molecule has 2 rings (SSSR count). The van der Waals surface area contributed by atoms with Gasteiger partial charge in [0.25, 0.3) is 5.91 Å². The number of halogens is 1. The van der Waals surface area contributed by atoms with E-state index < -0.39 is 12.0 Å². The van der Waals surface area contributed by atoms with E-state index in [1.807, 2.05) is 13.0 Å². The molecule has 0 aliphatic heterocycles. The molecule has 2 N–H and O–H groups in total. The molecule has 2 aromatic carbocycles. The molecule has 1 unspecified atom stereocenters. The van der Waals surface area contributed by atoms with Gasteiger partial charge in [0, 0.05) is 35.4 Å². The van der Waals surface area contributed by atoms with Crippen molar-refractivity contribution in [1.82, 2.24) is 5.43 Å². The normalized spacial score (nSPS) is 12.0. The van der Waals surface area contributed by atoms with Crippen molar-refractivity contribution >= 4 is 29.4 Å². The van der Waals surface area contributed by atoms with Gasteiger partial charge in [0.2, 0.25) is 0 Å². The summed E-state index contributed by atoms with van der Waals surface area (Å²) in [6.07, 6.45) is 0.662. The van der Waals surface area contributed by atoms with Crippen LogP contribution in [-0.4, -0.2) is 36.4 Å². The van der Waals surface area contributed by atoms with Crippen LogP contribution < -0.4 is 15.1 Å². The predicted molar refractivity (Wildman–Crippen MR) is 114 cm³/mol. The van der Waals surface area contributed by atoms with E-state index in [9.17, 15) is 9.90 Å². The number of amides is 1. The van der Waals surface area contributed by atoms with Crippen LogP contribution in [0.5, 0.6) is 11.5 Å². The van der Waals surface area contributed by atoms with Gasteiger partial charge >= 0.3 is 0 Å². The quantitative estimate of drug-likeness (QED) is 0.513. The number of hydrogen-bond acceptors (Lipinski definition) is 5. The van der Waals surface area contributed by atoms with Gasteiger partial charge in [-0.05, 0) is 63.6 Å². The Hall–Kier alpha value is -2.73. The van der Waals surface area contributed by atoms with Crippen LogP contribution in [0.25, 0.3) is 0 Å². The van der Waals surface area contributed by atoms with Crippen LogP contribution in [0.1, 0.15) is 31.9 Å². The SMILES string of the molecule is CCN(CC)c1ccc(/C=N/NC(=O)C(C)Oc2ccc(Cl)cc2C)c(O)c1. The highest BCUT2D eigenvalue weighted by Gasteiger charge is 2.15. The number of nitrogens with zero attached hydrogens (tertiary/aromatic N) is 2. The maximum atomic E-state index is 12.2. The number of hydrazone groups is 1. The minimum Gasteiger partial charge on any atom is -0.507 e. The molecular weight excluding hydrogens is 378 g/mol. The number of aryl methyl sites for hydroxylation is 1. The number of benzene rings is 2. The van der Waals surface area contributed by atoms with E-state index in [1.165, 1.54) is 6.21 Å². The molecule has 150 valence electrons. The van der Waals surface area contributed by atoms with E-state index in [0.717, 1.165) is 24.3 Å². The number of hydrogen-bond donors (Lipinski definition) is 2. The van der Waals surface area contributed by atoms with E-state index in [4.69, 9.17) is 16.3 Å². The Labute approximate surface area is 170 Å². The van der Waals surface area contributed by atoms with Gasteiger partial charge in [-0.1, -0.05) is 11.6 Å². The molecule has 0 aliphatic rings. The number of phenolic OH excluding ortho intramolecular Hbond substituents is 1. The van der Waals surface area contributed by atoms with Gasteiger partial charge in [-0.15, -0.1) is 0 Å². The lowest BCUT2D eigenvalue weighted by Gasteiger charge is -2.21. The van der Waals surface area contributed by atoms with Crippen LogP contribution in [0.15, 0.2) is 41.5 Å². The van der Waals surface area contributed by atoms with Gasteiger partial charge < -0.3 is 14.7 Å².